The van der Waals surface area contributed by atoms with Crippen molar-refractivity contribution in [1.29, 1.82) is 0 Å². The smallest absolute Gasteiger partial charge is 0.303 e. The van der Waals surface area contributed by atoms with E-state index in [1.807, 2.05) is 32.0 Å². The van der Waals surface area contributed by atoms with Gasteiger partial charge in [-0.25, -0.2) is 0 Å². The Bertz CT molecular complexity index is 359. The van der Waals surface area contributed by atoms with Gasteiger partial charge in [-0.1, -0.05) is 23.7 Å². The third-order valence-corrected chi connectivity index (χ3v) is 2.72. The van der Waals surface area contributed by atoms with Crippen molar-refractivity contribution in [3.63, 3.8) is 0 Å². The average Bonchev–Trinajstić information content (AvgIpc) is 2.21. The van der Waals surface area contributed by atoms with Crippen molar-refractivity contribution in [2.45, 2.75) is 32.7 Å². The number of nitrogens with one attached hydrogen (secondary N) is 1. The summed E-state index contributed by atoms with van der Waals surface area (Å²) in [5.74, 6) is -0.774. The maximum absolute atomic E-state index is 10.4. The summed E-state index contributed by atoms with van der Waals surface area (Å²) < 4.78 is 0. The van der Waals surface area contributed by atoms with E-state index in [2.05, 4.69) is 5.32 Å². The molecule has 1 aromatic carbocycles. The summed E-state index contributed by atoms with van der Waals surface area (Å²) in [6, 6.07) is 5.78. The molecule has 0 aliphatic carbocycles. The van der Waals surface area contributed by atoms with Crippen LogP contribution in [0, 0.1) is 6.92 Å². The Kier molecular flexibility index (Phi) is 4.62. The summed E-state index contributed by atoms with van der Waals surface area (Å²) in [6.45, 7) is 3.92. The molecule has 88 valence electrons. The lowest BCUT2D eigenvalue weighted by atomic mass is 10.1. The van der Waals surface area contributed by atoms with Crippen LogP contribution in [0.3, 0.4) is 0 Å². The molecule has 0 amide bonds. The summed E-state index contributed by atoms with van der Waals surface area (Å²) in [6.07, 6.45) is 0.748. The molecule has 16 heavy (non-hydrogen) atoms. The van der Waals surface area contributed by atoms with Crippen molar-refractivity contribution >= 4 is 23.3 Å². The molecule has 3 nitrogen and oxygen atoms in total. The van der Waals surface area contributed by atoms with E-state index in [1.54, 1.807) is 0 Å². The van der Waals surface area contributed by atoms with Crippen molar-refractivity contribution < 1.29 is 9.90 Å². The van der Waals surface area contributed by atoms with Crippen LogP contribution < -0.4 is 5.32 Å². The molecule has 0 fully saturated rings. The average molecular weight is 242 g/mol. The monoisotopic (exact) mass is 241 g/mol. The highest BCUT2D eigenvalue weighted by molar-refractivity contribution is 6.33. The van der Waals surface area contributed by atoms with Crippen LogP contribution in [0.5, 0.6) is 0 Å². The Morgan fingerprint density at radius 2 is 2.25 bits per heavy atom. The van der Waals surface area contributed by atoms with Gasteiger partial charge in [-0.05, 0) is 31.9 Å². The first-order valence-corrected chi connectivity index (χ1v) is 5.62. The van der Waals surface area contributed by atoms with Crippen molar-refractivity contribution in [3.8, 4) is 0 Å². The first-order chi connectivity index (χ1) is 7.50. The summed E-state index contributed by atoms with van der Waals surface area (Å²) >= 11 is 6.06. The zero-order chi connectivity index (χ0) is 12.1. The van der Waals surface area contributed by atoms with Gasteiger partial charge in [-0.15, -0.1) is 0 Å². The number of halogens is 1. The van der Waals surface area contributed by atoms with Crippen LogP contribution >= 0.6 is 11.6 Å². The van der Waals surface area contributed by atoms with E-state index in [4.69, 9.17) is 16.7 Å². The van der Waals surface area contributed by atoms with Crippen molar-refractivity contribution in [1.82, 2.24) is 0 Å². The van der Waals surface area contributed by atoms with Gasteiger partial charge in [-0.3, -0.25) is 4.79 Å². The van der Waals surface area contributed by atoms with Gasteiger partial charge in [0, 0.05) is 12.5 Å². The topological polar surface area (TPSA) is 49.3 Å². The van der Waals surface area contributed by atoms with E-state index in [1.165, 1.54) is 0 Å². The predicted octanol–water partition coefficient (Wildman–Crippen LogP) is 3.31. The minimum atomic E-state index is -0.774. The summed E-state index contributed by atoms with van der Waals surface area (Å²) in [4.78, 5) is 10.4. The minimum Gasteiger partial charge on any atom is -0.481 e. The maximum atomic E-state index is 10.4. The van der Waals surface area contributed by atoms with E-state index in [-0.39, 0.29) is 12.5 Å². The molecule has 0 aliphatic rings. The lowest BCUT2D eigenvalue weighted by Gasteiger charge is -2.17. The molecule has 0 aliphatic heterocycles. The van der Waals surface area contributed by atoms with Gasteiger partial charge in [0.25, 0.3) is 0 Å². The Hall–Kier alpha value is -1.22. The number of carboxylic acid groups (broad SMARTS) is 1. The number of rotatable bonds is 5. The number of hydrogen-bond donors (Lipinski definition) is 2. The molecule has 0 saturated heterocycles. The largest absolute Gasteiger partial charge is 0.481 e. The number of aryl methyl sites for hydroxylation is 1. The molecule has 1 atom stereocenters. The standard InChI is InChI=1S/C12H16ClNO2/c1-8-4-3-5-10(13)12(8)14-9(2)6-7-11(15)16/h3-5,9,14H,6-7H2,1-2H3,(H,15,16). The predicted molar refractivity (Wildman–Crippen MR) is 66.1 cm³/mol. The van der Waals surface area contributed by atoms with Gasteiger partial charge in [0.05, 0.1) is 10.7 Å². The molecule has 0 saturated carbocycles. The third-order valence-electron chi connectivity index (χ3n) is 2.40. The number of aliphatic carboxylic acids is 1. The van der Waals surface area contributed by atoms with Crippen molar-refractivity contribution in [2.75, 3.05) is 5.32 Å². The van der Waals surface area contributed by atoms with Crippen molar-refractivity contribution in [3.05, 3.63) is 28.8 Å². The van der Waals surface area contributed by atoms with Crippen LogP contribution in [-0.4, -0.2) is 17.1 Å². The second-order valence-electron chi connectivity index (χ2n) is 3.91. The zero-order valence-corrected chi connectivity index (χ0v) is 10.2. The highest BCUT2D eigenvalue weighted by Crippen LogP contribution is 2.26. The van der Waals surface area contributed by atoms with Gasteiger partial charge >= 0.3 is 5.97 Å². The first kappa shape index (κ1) is 12.8. The van der Waals surface area contributed by atoms with Gasteiger partial charge in [0.1, 0.15) is 0 Å². The lowest BCUT2D eigenvalue weighted by Crippen LogP contribution is -2.17. The van der Waals surface area contributed by atoms with Crippen LogP contribution in [0.4, 0.5) is 5.69 Å². The number of carbonyl (C=O) groups is 1. The highest BCUT2D eigenvalue weighted by Gasteiger charge is 2.09. The second-order valence-corrected chi connectivity index (χ2v) is 4.32. The molecule has 1 aromatic rings. The van der Waals surface area contributed by atoms with E-state index in [9.17, 15) is 4.79 Å². The quantitative estimate of drug-likeness (QED) is 0.832. The fraction of sp³-hybridized carbons (Fsp3) is 0.417. The number of benzene rings is 1. The molecule has 0 heterocycles. The maximum Gasteiger partial charge on any atom is 0.303 e. The summed E-state index contributed by atoms with van der Waals surface area (Å²) in [5.41, 5.74) is 1.96. The number of hydrogen-bond acceptors (Lipinski definition) is 2. The van der Waals surface area contributed by atoms with Crippen LogP contribution in [0.1, 0.15) is 25.3 Å². The number of para-hydroxylation sites is 1. The van der Waals surface area contributed by atoms with Gasteiger partial charge in [0.15, 0.2) is 0 Å². The van der Waals surface area contributed by atoms with Crippen LogP contribution in [0.25, 0.3) is 0 Å². The minimum absolute atomic E-state index is 0.0923. The molecule has 2 N–H and O–H groups in total. The van der Waals surface area contributed by atoms with E-state index < -0.39 is 5.97 Å². The Labute approximate surface area is 100 Å². The van der Waals surface area contributed by atoms with Crippen LogP contribution in [-0.2, 0) is 4.79 Å². The zero-order valence-electron chi connectivity index (χ0n) is 9.46. The summed E-state index contributed by atoms with van der Waals surface area (Å²) in [5, 5.41) is 12.5. The molecule has 1 unspecified atom stereocenters. The van der Waals surface area contributed by atoms with Gasteiger partial charge in [0.2, 0.25) is 0 Å². The van der Waals surface area contributed by atoms with Crippen LogP contribution in [0.15, 0.2) is 18.2 Å². The normalized spacial score (nSPS) is 12.2. The molecule has 0 aromatic heterocycles. The molecule has 0 radical (unpaired) electrons. The fourth-order valence-electron chi connectivity index (χ4n) is 1.47. The molecule has 4 heteroatoms. The number of anilines is 1. The Morgan fingerprint density at radius 3 is 2.81 bits per heavy atom. The van der Waals surface area contributed by atoms with E-state index >= 15 is 0 Å². The molecular formula is C12H16ClNO2. The third kappa shape index (κ3) is 3.74. The lowest BCUT2D eigenvalue weighted by molar-refractivity contribution is -0.137. The SMILES string of the molecule is Cc1cccc(Cl)c1NC(C)CCC(=O)O. The Balaban J connectivity index is 2.62. The van der Waals surface area contributed by atoms with Crippen LogP contribution in [0.2, 0.25) is 5.02 Å². The van der Waals surface area contributed by atoms with Gasteiger partial charge < -0.3 is 10.4 Å². The second kappa shape index (κ2) is 5.75. The Morgan fingerprint density at radius 1 is 1.56 bits per heavy atom. The highest BCUT2D eigenvalue weighted by atomic mass is 35.5. The molecular weight excluding hydrogens is 226 g/mol. The fourth-order valence-corrected chi connectivity index (χ4v) is 1.75. The molecule has 0 bridgehead atoms. The van der Waals surface area contributed by atoms with E-state index in [0.29, 0.717) is 11.4 Å². The first-order valence-electron chi connectivity index (χ1n) is 5.24. The van der Waals surface area contributed by atoms with Crippen molar-refractivity contribution in [2.24, 2.45) is 0 Å². The summed E-state index contributed by atoms with van der Waals surface area (Å²) in [7, 11) is 0. The number of carboxylic acids is 1. The molecule has 1 rings (SSSR count). The van der Waals surface area contributed by atoms with Gasteiger partial charge in [-0.2, -0.15) is 0 Å². The van der Waals surface area contributed by atoms with E-state index in [0.717, 1.165) is 11.3 Å². The molecule has 0 spiro atoms.